The fraction of sp³-hybridized carbons (Fsp3) is 0.273. The van der Waals surface area contributed by atoms with Crippen LogP contribution in [0.25, 0.3) is 0 Å². The number of pyridine rings is 1. The lowest BCUT2D eigenvalue weighted by Crippen LogP contribution is -2.35. The van der Waals surface area contributed by atoms with Gasteiger partial charge in [0.2, 0.25) is 0 Å². The predicted molar refractivity (Wildman–Crippen MR) is 163 cm³/mol. The lowest BCUT2D eigenvalue weighted by atomic mass is 10.00. The van der Waals surface area contributed by atoms with Gasteiger partial charge >= 0.3 is 0 Å². The van der Waals surface area contributed by atoms with Crippen molar-refractivity contribution in [1.82, 2.24) is 4.98 Å². The zero-order valence-corrected chi connectivity index (χ0v) is 24.0. The number of thioether (sulfide) groups is 1. The van der Waals surface area contributed by atoms with Gasteiger partial charge in [0.15, 0.2) is 0 Å². The van der Waals surface area contributed by atoms with Crippen molar-refractivity contribution in [2.24, 2.45) is 5.92 Å². The second-order valence-corrected chi connectivity index (χ2v) is 11.2. The average Bonchev–Trinajstić information content (AvgIpc) is 2.98. The van der Waals surface area contributed by atoms with Crippen LogP contribution in [0, 0.1) is 12.8 Å². The van der Waals surface area contributed by atoms with E-state index in [1.807, 2.05) is 73.7 Å². The molecule has 7 heteroatoms. The Morgan fingerprint density at radius 1 is 0.975 bits per heavy atom. The van der Waals surface area contributed by atoms with E-state index in [9.17, 15) is 4.79 Å². The SMILES string of the molecule is COc1ccc(CSc2c(N3CCCC(C)C3)ccnc2C(=O)Nc2ccc(Oc3ccc(C)cc3)cc2)cc1. The van der Waals surface area contributed by atoms with E-state index in [4.69, 9.17) is 9.47 Å². The number of benzene rings is 3. The molecule has 40 heavy (non-hydrogen) atoms. The van der Waals surface area contributed by atoms with Gasteiger partial charge < -0.3 is 19.7 Å². The number of carbonyl (C=O) groups excluding carboxylic acids is 1. The van der Waals surface area contributed by atoms with E-state index in [0.29, 0.717) is 23.0 Å². The number of hydrogen-bond donors (Lipinski definition) is 1. The van der Waals surface area contributed by atoms with Crippen molar-refractivity contribution in [3.05, 3.63) is 102 Å². The van der Waals surface area contributed by atoms with E-state index in [0.717, 1.165) is 52.9 Å². The molecule has 1 fully saturated rings. The predicted octanol–water partition coefficient (Wildman–Crippen LogP) is 7.97. The third-order valence-corrected chi connectivity index (χ3v) is 8.18. The van der Waals surface area contributed by atoms with Crippen molar-refractivity contribution in [3.63, 3.8) is 0 Å². The molecule has 206 valence electrons. The summed E-state index contributed by atoms with van der Waals surface area (Å²) in [5.74, 6) is 3.41. The molecule has 0 saturated carbocycles. The highest BCUT2D eigenvalue weighted by Crippen LogP contribution is 2.37. The van der Waals surface area contributed by atoms with Crippen molar-refractivity contribution in [2.75, 3.05) is 30.4 Å². The number of ether oxygens (including phenoxy) is 2. The summed E-state index contributed by atoms with van der Waals surface area (Å²) in [5.41, 5.74) is 4.54. The topological polar surface area (TPSA) is 63.7 Å². The van der Waals surface area contributed by atoms with Gasteiger partial charge in [0.1, 0.15) is 22.9 Å². The number of aromatic nitrogens is 1. The Morgan fingerprint density at radius 3 is 2.33 bits per heavy atom. The van der Waals surface area contributed by atoms with Crippen LogP contribution >= 0.6 is 11.8 Å². The van der Waals surface area contributed by atoms with Crippen LogP contribution in [0.2, 0.25) is 0 Å². The molecule has 6 nitrogen and oxygen atoms in total. The first-order valence-electron chi connectivity index (χ1n) is 13.6. The lowest BCUT2D eigenvalue weighted by molar-refractivity contribution is 0.101. The molecule has 2 heterocycles. The fourth-order valence-electron chi connectivity index (χ4n) is 4.82. The summed E-state index contributed by atoms with van der Waals surface area (Å²) in [5, 5.41) is 3.04. The minimum atomic E-state index is -0.226. The summed E-state index contributed by atoms with van der Waals surface area (Å²) in [6.07, 6.45) is 4.12. The number of methoxy groups -OCH3 is 1. The Bertz CT molecular complexity index is 1420. The first kappa shape index (κ1) is 27.6. The highest BCUT2D eigenvalue weighted by Gasteiger charge is 2.24. The molecule has 5 rings (SSSR count). The smallest absolute Gasteiger partial charge is 0.275 e. The molecule has 0 radical (unpaired) electrons. The maximum Gasteiger partial charge on any atom is 0.275 e. The van der Waals surface area contributed by atoms with Crippen LogP contribution in [0.3, 0.4) is 0 Å². The molecule has 3 aromatic carbocycles. The molecule has 0 bridgehead atoms. The maximum absolute atomic E-state index is 13.6. The van der Waals surface area contributed by atoms with Gasteiger partial charge in [-0.2, -0.15) is 0 Å². The summed E-state index contributed by atoms with van der Waals surface area (Å²) in [6, 6.07) is 25.4. The Kier molecular flexibility index (Phi) is 8.91. The number of piperidine rings is 1. The molecule has 1 N–H and O–H groups in total. The van der Waals surface area contributed by atoms with Crippen molar-refractivity contribution in [1.29, 1.82) is 0 Å². The lowest BCUT2D eigenvalue weighted by Gasteiger charge is -2.34. The Balaban J connectivity index is 1.35. The third kappa shape index (κ3) is 6.96. The number of hydrogen-bond acceptors (Lipinski definition) is 6. The largest absolute Gasteiger partial charge is 0.497 e. The second-order valence-electron chi connectivity index (χ2n) is 10.2. The molecule has 1 unspecified atom stereocenters. The number of anilines is 2. The molecule has 1 saturated heterocycles. The summed E-state index contributed by atoms with van der Waals surface area (Å²) in [4.78, 5) is 21.5. The Hall–Kier alpha value is -3.97. The third-order valence-electron chi connectivity index (χ3n) is 7.01. The Labute approximate surface area is 240 Å². The molecule has 1 amide bonds. The molecule has 1 aliphatic heterocycles. The van der Waals surface area contributed by atoms with Crippen LogP contribution in [-0.4, -0.2) is 31.1 Å². The Morgan fingerprint density at radius 2 is 1.65 bits per heavy atom. The van der Waals surface area contributed by atoms with E-state index < -0.39 is 0 Å². The monoisotopic (exact) mass is 553 g/mol. The van der Waals surface area contributed by atoms with Gasteiger partial charge in [0.05, 0.1) is 17.7 Å². The van der Waals surface area contributed by atoms with Gasteiger partial charge in [0.25, 0.3) is 5.91 Å². The van der Waals surface area contributed by atoms with Gasteiger partial charge in [-0.1, -0.05) is 36.8 Å². The number of carbonyl (C=O) groups is 1. The minimum Gasteiger partial charge on any atom is -0.497 e. The standard InChI is InChI=1S/C33H35N3O3S/c1-23-6-12-28(13-7-23)39-29-16-10-26(11-17-29)35-33(37)31-32(40-22-25-8-14-27(38-3)15-9-25)30(18-19-34-31)36-20-4-5-24(2)21-36/h6-19,24H,4-5,20-22H2,1-3H3,(H,35,37). The van der Waals surface area contributed by atoms with Gasteiger partial charge in [0, 0.05) is 30.7 Å². The summed E-state index contributed by atoms with van der Waals surface area (Å²) >= 11 is 1.65. The molecule has 1 aliphatic rings. The zero-order valence-electron chi connectivity index (χ0n) is 23.2. The molecule has 1 atom stereocenters. The highest BCUT2D eigenvalue weighted by molar-refractivity contribution is 7.98. The first-order chi connectivity index (χ1) is 19.5. The molecule has 0 aliphatic carbocycles. The van der Waals surface area contributed by atoms with E-state index >= 15 is 0 Å². The normalized spacial score (nSPS) is 15.0. The van der Waals surface area contributed by atoms with E-state index in [1.54, 1.807) is 25.1 Å². The van der Waals surface area contributed by atoms with Crippen molar-refractivity contribution in [3.8, 4) is 17.2 Å². The summed E-state index contributed by atoms with van der Waals surface area (Å²) in [7, 11) is 1.67. The molecule has 0 spiro atoms. The van der Waals surface area contributed by atoms with Gasteiger partial charge in [-0.15, -0.1) is 11.8 Å². The van der Waals surface area contributed by atoms with Crippen LogP contribution in [0.15, 0.2) is 90.0 Å². The van der Waals surface area contributed by atoms with Crippen LogP contribution in [0.5, 0.6) is 17.2 Å². The van der Waals surface area contributed by atoms with Gasteiger partial charge in [-0.05, 0) is 85.8 Å². The van der Waals surface area contributed by atoms with Gasteiger partial charge in [-0.3, -0.25) is 4.79 Å². The number of aryl methyl sites for hydroxylation is 1. The fourth-order valence-corrected chi connectivity index (χ4v) is 5.95. The number of nitrogens with one attached hydrogen (secondary N) is 1. The van der Waals surface area contributed by atoms with Crippen LogP contribution in [0.4, 0.5) is 11.4 Å². The number of amides is 1. The molecule has 4 aromatic rings. The first-order valence-corrected chi connectivity index (χ1v) is 14.6. The van der Waals surface area contributed by atoms with E-state index in [1.165, 1.54) is 12.0 Å². The van der Waals surface area contributed by atoms with Crippen molar-refractivity contribution in [2.45, 2.75) is 37.3 Å². The van der Waals surface area contributed by atoms with Crippen LogP contribution < -0.4 is 19.7 Å². The zero-order chi connectivity index (χ0) is 27.9. The quantitative estimate of drug-likeness (QED) is 0.212. The molecule has 1 aromatic heterocycles. The molecular formula is C33H35N3O3S. The van der Waals surface area contributed by atoms with Crippen LogP contribution in [0.1, 0.15) is 41.4 Å². The minimum absolute atomic E-state index is 0.226. The summed E-state index contributed by atoms with van der Waals surface area (Å²) in [6.45, 7) is 6.29. The number of rotatable bonds is 9. The maximum atomic E-state index is 13.6. The summed E-state index contributed by atoms with van der Waals surface area (Å²) < 4.78 is 11.2. The van der Waals surface area contributed by atoms with E-state index in [2.05, 4.69) is 34.3 Å². The second kappa shape index (κ2) is 12.9. The van der Waals surface area contributed by atoms with E-state index in [-0.39, 0.29) is 5.91 Å². The highest BCUT2D eigenvalue weighted by atomic mass is 32.2. The van der Waals surface area contributed by atoms with Crippen LogP contribution in [-0.2, 0) is 5.75 Å². The van der Waals surface area contributed by atoms with Crippen molar-refractivity contribution >= 4 is 29.0 Å². The van der Waals surface area contributed by atoms with Gasteiger partial charge in [-0.25, -0.2) is 4.98 Å². The molecular weight excluding hydrogens is 518 g/mol. The average molecular weight is 554 g/mol. The number of nitrogens with zero attached hydrogens (tertiary/aromatic N) is 2. The van der Waals surface area contributed by atoms with Crippen molar-refractivity contribution < 1.29 is 14.3 Å².